The second-order valence-corrected chi connectivity index (χ2v) is 6.52. The van der Waals surface area contributed by atoms with E-state index >= 15 is 0 Å². The first-order valence-electron chi connectivity index (χ1n) is 6.04. The number of unbranched alkanes of at least 4 members (excludes halogenated alkanes) is 1. The van der Waals surface area contributed by atoms with Gasteiger partial charge in [0.1, 0.15) is 0 Å². The van der Waals surface area contributed by atoms with Crippen molar-refractivity contribution in [1.29, 1.82) is 0 Å². The summed E-state index contributed by atoms with van der Waals surface area (Å²) in [5.74, 6) is 0.411. The zero-order valence-electron chi connectivity index (χ0n) is 10.3. The Bertz CT molecular complexity index is 414. The lowest BCUT2D eigenvalue weighted by atomic mass is 10.1. The van der Waals surface area contributed by atoms with Gasteiger partial charge in [0, 0.05) is 0 Å². The van der Waals surface area contributed by atoms with Gasteiger partial charge >= 0.3 is 0 Å². The Kier molecular flexibility index (Phi) is 5.65. The van der Waals surface area contributed by atoms with Gasteiger partial charge in [0.05, 0.1) is 10.6 Å². The molecule has 4 heteroatoms. The van der Waals surface area contributed by atoms with Crippen LogP contribution in [0.4, 0.5) is 0 Å². The molecule has 17 heavy (non-hydrogen) atoms. The third-order valence-electron chi connectivity index (χ3n) is 2.76. The SMILES string of the molecule is CC(CCCCN)CS(=O)(=O)c1ccccc1. The average Bonchev–Trinajstić information content (AvgIpc) is 2.30. The van der Waals surface area contributed by atoms with E-state index in [4.69, 9.17) is 5.73 Å². The van der Waals surface area contributed by atoms with Crippen LogP contribution in [-0.4, -0.2) is 20.7 Å². The summed E-state index contributed by atoms with van der Waals surface area (Å²) in [6.45, 7) is 2.66. The van der Waals surface area contributed by atoms with Crippen molar-refractivity contribution in [2.45, 2.75) is 31.1 Å². The van der Waals surface area contributed by atoms with Gasteiger partial charge in [0.15, 0.2) is 9.84 Å². The molecule has 0 saturated carbocycles. The highest BCUT2D eigenvalue weighted by Gasteiger charge is 2.17. The minimum Gasteiger partial charge on any atom is -0.330 e. The van der Waals surface area contributed by atoms with Crippen LogP contribution in [0.15, 0.2) is 35.2 Å². The van der Waals surface area contributed by atoms with Gasteiger partial charge in [0.25, 0.3) is 0 Å². The van der Waals surface area contributed by atoms with Gasteiger partial charge in [-0.25, -0.2) is 8.42 Å². The fourth-order valence-electron chi connectivity index (χ4n) is 1.82. The molecule has 1 atom stereocenters. The zero-order chi connectivity index (χ0) is 12.7. The molecular formula is C13H21NO2S. The van der Waals surface area contributed by atoms with E-state index in [-0.39, 0.29) is 11.7 Å². The predicted molar refractivity (Wildman–Crippen MR) is 70.6 cm³/mol. The molecule has 0 spiro atoms. The normalized spacial score (nSPS) is 13.5. The van der Waals surface area contributed by atoms with Crippen LogP contribution in [0.5, 0.6) is 0 Å². The van der Waals surface area contributed by atoms with E-state index in [0.717, 1.165) is 19.3 Å². The fourth-order valence-corrected chi connectivity index (χ4v) is 3.50. The summed E-state index contributed by atoms with van der Waals surface area (Å²) in [4.78, 5) is 0.422. The van der Waals surface area contributed by atoms with Crippen molar-refractivity contribution in [2.75, 3.05) is 12.3 Å². The molecule has 96 valence electrons. The number of nitrogens with two attached hydrogens (primary N) is 1. The van der Waals surface area contributed by atoms with E-state index in [2.05, 4.69) is 0 Å². The average molecular weight is 255 g/mol. The van der Waals surface area contributed by atoms with E-state index in [0.29, 0.717) is 11.4 Å². The summed E-state index contributed by atoms with van der Waals surface area (Å²) in [5, 5.41) is 0. The number of benzene rings is 1. The van der Waals surface area contributed by atoms with Gasteiger partial charge in [-0.3, -0.25) is 0 Å². The van der Waals surface area contributed by atoms with Crippen LogP contribution in [0.25, 0.3) is 0 Å². The molecule has 2 N–H and O–H groups in total. The lowest BCUT2D eigenvalue weighted by molar-refractivity contribution is 0.525. The smallest absolute Gasteiger partial charge is 0.178 e. The van der Waals surface area contributed by atoms with E-state index in [1.165, 1.54) is 0 Å². The van der Waals surface area contributed by atoms with Crippen molar-refractivity contribution in [3.05, 3.63) is 30.3 Å². The molecule has 3 nitrogen and oxygen atoms in total. The van der Waals surface area contributed by atoms with Crippen LogP contribution in [0, 0.1) is 5.92 Å². The van der Waals surface area contributed by atoms with Crippen molar-refractivity contribution in [3.63, 3.8) is 0 Å². The summed E-state index contributed by atoms with van der Waals surface area (Å²) < 4.78 is 24.1. The molecule has 0 aromatic heterocycles. The first-order chi connectivity index (χ1) is 8.06. The van der Waals surface area contributed by atoms with Gasteiger partial charge in [0.2, 0.25) is 0 Å². The van der Waals surface area contributed by atoms with Crippen molar-refractivity contribution >= 4 is 9.84 Å². The van der Waals surface area contributed by atoms with Crippen LogP contribution < -0.4 is 5.73 Å². The van der Waals surface area contributed by atoms with E-state index in [1.807, 2.05) is 13.0 Å². The summed E-state index contributed by atoms with van der Waals surface area (Å²) in [7, 11) is -3.13. The van der Waals surface area contributed by atoms with Crippen LogP contribution in [0.3, 0.4) is 0 Å². The molecule has 0 radical (unpaired) electrons. The molecule has 0 aliphatic heterocycles. The minimum absolute atomic E-state index is 0.187. The quantitative estimate of drug-likeness (QED) is 0.760. The topological polar surface area (TPSA) is 60.2 Å². The highest BCUT2D eigenvalue weighted by molar-refractivity contribution is 7.91. The van der Waals surface area contributed by atoms with E-state index in [9.17, 15) is 8.42 Å². The maximum atomic E-state index is 12.1. The molecule has 1 rings (SSSR count). The van der Waals surface area contributed by atoms with Crippen LogP contribution in [0.1, 0.15) is 26.2 Å². The van der Waals surface area contributed by atoms with Crippen molar-refractivity contribution in [3.8, 4) is 0 Å². The molecule has 1 unspecified atom stereocenters. The summed E-state index contributed by atoms with van der Waals surface area (Å²) in [6, 6.07) is 8.64. The van der Waals surface area contributed by atoms with Crippen LogP contribution in [-0.2, 0) is 9.84 Å². The highest BCUT2D eigenvalue weighted by Crippen LogP contribution is 2.16. The minimum atomic E-state index is -3.13. The third-order valence-corrected chi connectivity index (χ3v) is 4.76. The Hall–Kier alpha value is -0.870. The molecule has 0 bridgehead atoms. The second-order valence-electron chi connectivity index (χ2n) is 4.48. The molecule has 1 aromatic rings. The first-order valence-corrected chi connectivity index (χ1v) is 7.69. The molecule has 0 amide bonds. The molecule has 0 saturated heterocycles. The van der Waals surface area contributed by atoms with Crippen molar-refractivity contribution < 1.29 is 8.42 Å². The second kappa shape index (κ2) is 6.77. The third kappa shape index (κ3) is 4.88. The van der Waals surface area contributed by atoms with Gasteiger partial charge in [-0.2, -0.15) is 0 Å². The molecule has 0 aliphatic rings. The molecule has 0 aliphatic carbocycles. The predicted octanol–water partition coefficient (Wildman–Crippen LogP) is 2.23. The monoisotopic (exact) mass is 255 g/mol. The Morgan fingerprint density at radius 1 is 1.18 bits per heavy atom. The van der Waals surface area contributed by atoms with Gasteiger partial charge in [-0.05, 0) is 37.4 Å². The molecular weight excluding hydrogens is 234 g/mol. The van der Waals surface area contributed by atoms with Gasteiger partial charge < -0.3 is 5.73 Å². The lowest BCUT2D eigenvalue weighted by Crippen LogP contribution is -2.14. The number of hydrogen-bond donors (Lipinski definition) is 1. The maximum absolute atomic E-state index is 12.1. The van der Waals surface area contributed by atoms with Crippen molar-refractivity contribution in [2.24, 2.45) is 11.7 Å². The van der Waals surface area contributed by atoms with Crippen molar-refractivity contribution in [1.82, 2.24) is 0 Å². The molecule has 0 heterocycles. The first kappa shape index (κ1) is 14.2. The summed E-state index contributed by atoms with van der Waals surface area (Å²) in [6.07, 6.45) is 2.89. The largest absolute Gasteiger partial charge is 0.330 e. The van der Waals surface area contributed by atoms with Crippen LogP contribution >= 0.6 is 0 Å². The lowest BCUT2D eigenvalue weighted by Gasteiger charge is -2.11. The number of hydrogen-bond acceptors (Lipinski definition) is 3. The van der Waals surface area contributed by atoms with E-state index in [1.54, 1.807) is 24.3 Å². The number of sulfone groups is 1. The molecule has 1 aromatic carbocycles. The van der Waals surface area contributed by atoms with E-state index < -0.39 is 9.84 Å². The zero-order valence-corrected chi connectivity index (χ0v) is 11.1. The fraction of sp³-hybridized carbons (Fsp3) is 0.538. The maximum Gasteiger partial charge on any atom is 0.178 e. The number of rotatable bonds is 7. The van der Waals surface area contributed by atoms with Crippen LogP contribution in [0.2, 0.25) is 0 Å². The van der Waals surface area contributed by atoms with Gasteiger partial charge in [-0.15, -0.1) is 0 Å². The summed E-state index contributed by atoms with van der Waals surface area (Å²) in [5.41, 5.74) is 5.41. The highest BCUT2D eigenvalue weighted by atomic mass is 32.2. The van der Waals surface area contributed by atoms with Gasteiger partial charge in [-0.1, -0.05) is 31.5 Å². The summed E-state index contributed by atoms with van der Waals surface area (Å²) >= 11 is 0. The Morgan fingerprint density at radius 3 is 2.41 bits per heavy atom. The Morgan fingerprint density at radius 2 is 1.82 bits per heavy atom. The Balaban J connectivity index is 2.55. The molecule has 0 fully saturated rings. The standard InChI is InChI=1S/C13H21NO2S/c1-12(7-5-6-10-14)11-17(15,16)13-8-3-2-4-9-13/h2-4,8-9,12H,5-7,10-11,14H2,1H3. The Labute approximate surface area is 104 Å².